The second-order valence-electron chi connectivity index (χ2n) is 4.72. The maximum Gasteiger partial charge on any atom is 0.132 e. The molecule has 106 valence electrons. The molecule has 0 spiro atoms. The van der Waals surface area contributed by atoms with Gasteiger partial charge in [0, 0.05) is 44.2 Å². The lowest BCUT2D eigenvalue weighted by Crippen LogP contribution is -2.09. The summed E-state index contributed by atoms with van der Waals surface area (Å²) >= 11 is 0. The fourth-order valence-corrected chi connectivity index (χ4v) is 1.89. The lowest BCUT2D eigenvalue weighted by molar-refractivity contribution is 0.306. The van der Waals surface area contributed by atoms with Gasteiger partial charge >= 0.3 is 0 Å². The van der Waals surface area contributed by atoms with Crippen molar-refractivity contribution >= 4 is 11.5 Å². The van der Waals surface area contributed by atoms with Gasteiger partial charge in [0.15, 0.2) is 0 Å². The molecule has 1 heterocycles. The zero-order valence-electron chi connectivity index (χ0n) is 12.3. The van der Waals surface area contributed by atoms with Gasteiger partial charge in [0.2, 0.25) is 0 Å². The molecule has 0 bridgehead atoms. The van der Waals surface area contributed by atoms with Gasteiger partial charge in [-0.15, -0.1) is 0 Å². The van der Waals surface area contributed by atoms with Crippen molar-refractivity contribution in [3.05, 3.63) is 48.2 Å². The predicted molar refractivity (Wildman–Crippen MR) is 83.5 cm³/mol. The molecule has 0 aliphatic rings. The minimum absolute atomic E-state index is 0.507. The lowest BCUT2D eigenvalue weighted by atomic mass is 10.2. The van der Waals surface area contributed by atoms with Crippen LogP contribution in [0.1, 0.15) is 12.5 Å². The first-order valence-corrected chi connectivity index (χ1v) is 6.78. The lowest BCUT2D eigenvalue weighted by Gasteiger charge is -2.15. The number of hydrogen-bond donors (Lipinski definition) is 1. The van der Waals surface area contributed by atoms with E-state index in [1.54, 1.807) is 6.20 Å². The third-order valence-electron chi connectivity index (χ3n) is 2.96. The molecule has 1 N–H and O–H groups in total. The number of nitrogens with one attached hydrogen (secondary N) is 1. The largest absolute Gasteiger partial charge is 0.489 e. The standard InChI is InChI=1S/C16H21N3O/c1-4-17-16-13(7-6-10-18-16)12-20-15-9-5-8-14(11-15)19(2)3/h5-11H,4,12H2,1-3H3,(H,17,18). The summed E-state index contributed by atoms with van der Waals surface area (Å²) in [4.78, 5) is 6.38. The average Bonchev–Trinajstić information content (AvgIpc) is 2.47. The van der Waals surface area contributed by atoms with E-state index in [0.717, 1.165) is 29.4 Å². The Morgan fingerprint density at radius 1 is 1.20 bits per heavy atom. The third-order valence-corrected chi connectivity index (χ3v) is 2.96. The van der Waals surface area contributed by atoms with Crippen molar-refractivity contribution in [3.8, 4) is 5.75 Å². The summed E-state index contributed by atoms with van der Waals surface area (Å²) in [5, 5.41) is 3.24. The molecule has 0 fully saturated rings. The molecular formula is C16H21N3O. The number of rotatable bonds is 6. The molecule has 0 saturated carbocycles. The highest BCUT2D eigenvalue weighted by atomic mass is 16.5. The molecular weight excluding hydrogens is 250 g/mol. The van der Waals surface area contributed by atoms with E-state index in [4.69, 9.17) is 4.74 Å². The van der Waals surface area contributed by atoms with E-state index < -0.39 is 0 Å². The number of pyridine rings is 1. The van der Waals surface area contributed by atoms with Crippen molar-refractivity contribution < 1.29 is 4.74 Å². The van der Waals surface area contributed by atoms with Gasteiger partial charge < -0.3 is 15.0 Å². The Labute approximate surface area is 120 Å². The Balaban J connectivity index is 2.07. The highest BCUT2D eigenvalue weighted by Crippen LogP contribution is 2.21. The maximum absolute atomic E-state index is 5.86. The first-order valence-electron chi connectivity index (χ1n) is 6.78. The topological polar surface area (TPSA) is 37.4 Å². The van der Waals surface area contributed by atoms with Gasteiger partial charge in [-0.3, -0.25) is 0 Å². The molecule has 1 aromatic heterocycles. The van der Waals surface area contributed by atoms with E-state index in [0.29, 0.717) is 6.61 Å². The molecule has 2 rings (SSSR count). The second kappa shape index (κ2) is 6.80. The molecule has 1 aromatic carbocycles. The number of hydrogen-bond acceptors (Lipinski definition) is 4. The van der Waals surface area contributed by atoms with E-state index in [1.165, 1.54) is 0 Å². The van der Waals surface area contributed by atoms with Crippen LogP contribution < -0.4 is 15.0 Å². The van der Waals surface area contributed by atoms with Gasteiger partial charge in [-0.2, -0.15) is 0 Å². The van der Waals surface area contributed by atoms with Crippen molar-refractivity contribution in [1.29, 1.82) is 0 Å². The second-order valence-corrected chi connectivity index (χ2v) is 4.72. The fraction of sp³-hybridized carbons (Fsp3) is 0.312. The summed E-state index contributed by atoms with van der Waals surface area (Å²) in [6.45, 7) is 3.41. The fourth-order valence-electron chi connectivity index (χ4n) is 1.89. The summed E-state index contributed by atoms with van der Waals surface area (Å²) in [6.07, 6.45) is 1.79. The van der Waals surface area contributed by atoms with Gasteiger partial charge in [-0.1, -0.05) is 12.1 Å². The summed E-state index contributed by atoms with van der Waals surface area (Å²) in [5.74, 6) is 1.75. The van der Waals surface area contributed by atoms with Crippen molar-refractivity contribution in [2.24, 2.45) is 0 Å². The monoisotopic (exact) mass is 271 g/mol. The highest BCUT2D eigenvalue weighted by Gasteiger charge is 2.04. The maximum atomic E-state index is 5.86. The zero-order valence-corrected chi connectivity index (χ0v) is 12.3. The van der Waals surface area contributed by atoms with E-state index in [-0.39, 0.29) is 0 Å². The number of benzene rings is 1. The minimum Gasteiger partial charge on any atom is -0.489 e. The van der Waals surface area contributed by atoms with E-state index in [9.17, 15) is 0 Å². The Morgan fingerprint density at radius 3 is 2.80 bits per heavy atom. The number of anilines is 2. The van der Waals surface area contributed by atoms with Crippen LogP contribution in [0.4, 0.5) is 11.5 Å². The van der Waals surface area contributed by atoms with Crippen LogP contribution >= 0.6 is 0 Å². The molecule has 0 amide bonds. The number of ether oxygens (including phenoxy) is 1. The zero-order chi connectivity index (χ0) is 14.4. The Kier molecular flexibility index (Phi) is 4.82. The first-order chi connectivity index (χ1) is 9.70. The molecule has 20 heavy (non-hydrogen) atoms. The molecule has 0 atom stereocenters. The average molecular weight is 271 g/mol. The van der Waals surface area contributed by atoms with Gasteiger partial charge in [-0.25, -0.2) is 4.98 Å². The smallest absolute Gasteiger partial charge is 0.132 e. The van der Waals surface area contributed by atoms with Crippen LogP contribution in [0.2, 0.25) is 0 Å². The highest BCUT2D eigenvalue weighted by molar-refractivity contribution is 5.49. The molecule has 2 aromatic rings. The van der Waals surface area contributed by atoms with Gasteiger partial charge in [0.05, 0.1) is 0 Å². The van der Waals surface area contributed by atoms with Gasteiger partial charge in [0.25, 0.3) is 0 Å². The molecule has 0 aliphatic heterocycles. The van der Waals surface area contributed by atoms with Crippen LogP contribution in [0.25, 0.3) is 0 Å². The van der Waals surface area contributed by atoms with Gasteiger partial charge in [-0.05, 0) is 25.1 Å². The van der Waals surface area contributed by atoms with Crippen LogP contribution in [-0.2, 0) is 6.61 Å². The van der Waals surface area contributed by atoms with Crippen LogP contribution in [0.5, 0.6) is 5.75 Å². The van der Waals surface area contributed by atoms with E-state index >= 15 is 0 Å². The summed E-state index contributed by atoms with van der Waals surface area (Å²) in [7, 11) is 4.03. The summed E-state index contributed by atoms with van der Waals surface area (Å²) in [5.41, 5.74) is 2.19. The molecule has 0 saturated heterocycles. The molecule has 4 nitrogen and oxygen atoms in total. The van der Waals surface area contributed by atoms with Crippen molar-refractivity contribution in [2.45, 2.75) is 13.5 Å². The molecule has 4 heteroatoms. The van der Waals surface area contributed by atoms with E-state index in [2.05, 4.69) is 28.2 Å². The Hall–Kier alpha value is -2.23. The van der Waals surface area contributed by atoms with Crippen LogP contribution in [0, 0.1) is 0 Å². The summed E-state index contributed by atoms with van der Waals surface area (Å²) < 4.78 is 5.86. The van der Waals surface area contributed by atoms with Crippen LogP contribution in [0.15, 0.2) is 42.6 Å². The number of aromatic nitrogens is 1. The molecule has 0 radical (unpaired) electrons. The Bertz CT molecular complexity index is 555. The first kappa shape index (κ1) is 14.2. The van der Waals surface area contributed by atoms with E-state index in [1.807, 2.05) is 44.4 Å². The van der Waals surface area contributed by atoms with Crippen molar-refractivity contribution in [2.75, 3.05) is 30.9 Å². The SMILES string of the molecule is CCNc1ncccc1COc1cccc(N(C)C)c1. The van der Waals surface area contributed by atoms with Crippen molar-refractivity contribution in [1.82, 2.24) is 4.98 Å². The van der Waals surface area contributed by atoms with Gasteiger partial charge in [0.1, 0.15) is 18.2 Å². The number of nitrogens with zero attached hydrogens (tertiary/aromatic N) is 2. The van der Waals surface area contributed by atoms with Crippen LogP contribution in [-0.4, -0.2) is 25.6 Å². The summed E-state index contributed by atoms with van der Waals surface area (Å²) in [6, 6.07) is 12.0. The van der Waals surface area contributed by atoms with Crippen molar-refractivity contribution in [3.63, 3.8) is 0 Å². The van der Waals surface area contributed by atoms with Crippen LogP contribution in [0.3, 0.4) is 0 Å². The third kappa shape index (κ3) is 3.63. The Morgan fingerprint density at radius 2 is 2.05 bits per heavy atom. The molecule has 0 aliphatic carbocycles. The minimum atomic E-state index is 0.507. The predicted octanol–water partition coefficient (Wildman–Crippen LogP) is 3.16. The quantitative estimate of drug-likeness (QED) is 0.875. The normalized spacial score (nSPS) is 10.2. The molecule has 0 unspecified atom stereocenters.